The number of carbonyl (C=O) groups is 2. The van der Waals surface area contributed by atoms with E-state index in [1.165, 1.54) is 5.56 Å². The van der Waals surface area contributed by atoms with Gasteiger partial charge in [-0.05, 0) is 70.9 Å². The van der Waals surface area contributed by atoms with E-state index in [0.717, 1.165) is 41.4 Å². The van der Waals surface area contributed by atoms with Gasteiger partial charge in [0.1, 0.15) is 12.4 Å². The van der Waals surface area contributed by atoms with Gasteiger partial charge in [-0.1, -0.05) is 54.8 Å². The van der Waals surface area contributed by atoms with Crippen LogP contribution in [0.1, 0.15) is 48.1 Å². The van der Waals surface area contributed by atoms with Gasteiger partial charge in [0.15, 0.2) is 9.84 Å². The minimum absolute atomic E-state index is 0.0707. The highest BCUT2D eigenvalue weighted by molar-refractivity contribution is 7.91. The van der Waals surface area contributed by atoms with Crippen LogP contribution in [0.5, 0.6) is 0 Å². The highest BCUT2D eigenvalue weighted by Gasteiger charge is 2.37. The summed E-state index contributed by atoms with van der Waals surface area (Å²) in [6.07, 6.45) is 5.07. The Balaban J connectivity index is 1.49. The molecular formula is C28H32Cl2N2O5S. The second-order valence-electron chi connectivity index (χ2n) is 10.1. The SMILES string of the molecule is CCC1Cc2ccc(C3=CCN(C(=O)CS(C)(=O)=O)CC3)cc2C1N(C)C(=O)OCc1cc(Cl)cc(Cl)c1. The van der Waals surface area contributed by atoms with Gasteiger partial charge in [0, 0.05) is 36.4 Å². The van der Waals surface area contributed by atoms with Gasteiger partial charge in [-0.25, -0.2) is 13.2 Å². The zero-order valence-corrected chi connectivity index (χ0v) is 24.1. The molecule has 7 nitrogen and oxygen atoms in total. The molecule has 0 spiro atoms. The lowest BCUT2D eigenvalue weighted by atomic mass is 9.93. The van der Waals surface area contributed by atoms with Crippen molar-refractivity contribution < 1.29 is 22.7 Å². The summed E-state index contributed by atoms with van der Waals surface area (Å²) >= 11 is 12.1. The van der Waals surface area contributed by atoms with Crippen LogP contribution in [0, 0.1) is 5.92 Å². The number of ether oxygens (including phenoxy) is 1. The Morgan fingerprint density at radius 3 is 2.45 bits per heavy atom. The first-order valence-corrected chi connectivity index (χ1v) is 15.4. The standard InChI is InChI=1S/C28H32Cl2N2O5S/c1-4-19-13-22-6-5-21(20-7-9-32(10-8-20)26(33)17-38(3,35)36)14-25(22)27(19)31(2)28(34)37-16-18-11-23(29)15-24(30)12-18/h5-7,11-12,14-15,19,27H,4,8-10,13,16-17H2,1-3H3. The molecule has 204 valence electrons. The second-order valence-corrected chi connectivity index (χ2v) is 13.1. The molecule has 0 radical (unpaired) electrons. The van der Waals surface area contributed by atoms with E-state index >= 15 is 0 Å². The minimum atomic E-state index is -3.36. The first-order valence-electron chi connectivity index (χ1n) is 12.6. The van der Waals surface area contributed by atoms with Gasteiger partial charge in [0.05, 0.1) is 6.04 Å². The molecule has 1 aliphatic carbocycles. The van der Waals surface area contributed by atoms with Crippen LogP contribution in [0.25, 0.3) is 5.57 Å². The molecule has 0 bridgehead atoms. The van der Waals surface area contributed by atoms with Crippen LogP contribution in [-0.2, 0) is 32.4 Å². The lowest BCUT2D eigenvalue weighted by Crippen LogP contribution is -2.38. The number of carbonyl (C=O) groups excluding carboxylic acids is 2. The van der Waals surface area contributed by atoms with Crippen LogP contribution < -0.4 is 0 Å². The van der Waals surface area contributed by atoms with Gasteiger partial charge in [-0.15, -0.1) is 0 Å². The van der Waals surface area contributed by atoms with E-state index in [0.29, 0.717) is 29.6 Å². The van der Waals surface area contributed by atoms with Crippen molar-refractivity contribution in [2.75, 3.05) is 32.1 Å². The van der Waals surface area contributed by atoms with Gasteiger partial charge in [0.2, 0.25) is 5.91 Å². The molecule has 2 aromatic rings. The zero-order valence-electron chi connectivity index (χ0n) is 21.7. The van der Waals surface area contributed by atoms with E-state index in [1.807, 2.05) is 6.08 Å². The van der Waals surface area contributed by atoms with E-state index in [9.17, 15) is 18.0 Å². The molecule has 1 aliphatic heterocycles. The lowest BCUT2D eigenvalue weighted by molar-refractivity contribution is -0.128. The maximum absolute atomic E-state index is 13.1. The van der Waals surface area contributed by atoms with E-state index in [1.54, 1.807) is 35.0 Å². The number of fused-ring (bicyclic) bond motifs is 1. The number of hydrogen-bond acceptors (Lipinski definition) is 5. The number of benzene rings is 2. The number of sulfone groups is 1. The van der Waals surface area contributed by atoms with Crippen LogP contribution in [0.3, 0.4) is 0 Å². The molecule has 0 fully saturated rings. The third kappa shape index (κ3) is 6.71. The number of halogens is 2. The summed E-state index contributed by atoms with van der Waals surface area (Å²) < 4.78 is 28.6. The maximum Gasteiger partial charge on any atom is 0.410 e. The number of amides is 2. The Morgan fingerprint density at radius 1 is 1.13 bits per heavy atom. The number of nitrogens with zero attached hydrogens (tertiary/aromatic N) is 2. The Morgan fingerprint density at radius 2 is 1.84 bits per heavy atom. The molecule has 0 aromatic heterocycles. The largest absolute Gasteiger partial charge is 0.445 e. The Labute approximate surface area is 234 Å². The van der Waals surface area contributed by atoms with Crippen molar-refractivity contribution in [2.45, 2.75) is 38.8 Å². The molecule has 2 aromatic carbocycles. The minimum Gasteiger partial charge on any atom is -0.445 e. The fraction of sp³-hybridized carbons (Fsp3) is 0.429. The Bertz CT molecular complexity index is 1360. The van der Waals surface area contributed by atoms with Gasteiger partial charge >= 0.3 is 6.09 Å². The summed E-state index contributed by atoms with van der Waals surface area (Å²) in [6.45, 7) is 3.05. The van der Waals surface area contributed by atoms with Crippen molar-refractivity contribution >= 4 is 50.6 Å². The first kappa shape index (κ1) is 28.5. The van der Waals surface area contributed by atoms with Crippen LogP contribution in [0.4, 0.5) is 4.79 Å². The maximum atomic E-state index is 13.1. The zero-order chi connectivity index (χ0) is 27.6. The molecule has 2 aliphatic rings. The second kappa shape index (κ2) is 11.7. The Hall–Kier alpha value is -2.55. The smallest absolute Gasteiger partial charge is 0.410 e. The van der Waals surface area contributed by atoms with Crippen LogP contribution in [0.2, 0.25) is 10.0 Å². The molecule has 10 heteroatoms. The van der Waals surface area contributed by atoms with Crippen molar-refractivity contribution in [3.8, 4) is 0 Å². The first-order chi connectivity index (χ1) is 17.9. The molecule has 0 N–H and O–H groups in total. The highest BCUT2D eigenvalue weighted by atomic mass is 35.5. The molecule has 2 unspecified atom stereocenters. The monoisotopic (exact) mass is 578 g/mol. The quantitative estimate of drug-likeness (QED) is 0.430. The summed E-state index contributed by atoms with van der Waals surface area (Å²) in [7, 11) is -1.59. The highest BCUT2D eigenvalue weighted by Crippen LogP contribution is 2.43. The van der Waals surface area contributed by atoms with E-state index in [2.05, 4.69) is 25.1 Å². The molecule has 0 saturated carbocycles. The van der Waals surface area contributed by atoms with Crippen molar-refractivity contribution in [2.24, 2.45) is 5.92 Å². The van der Waals surface area contributed by atoms with E-state index in [4.69, 9.17) is 27.9 Å². The van der Waals surface area contributed by atoms with Crippen molar-refractivity contribution in [3.05, 3.63) is 74.8 Å². The average Bonchev–Trinajstić information content (AvgIpc) is 3.23. The summed E-state index contributed by atoms with van der Waals surface area (Å²) in [5, 5.41) is 0.972. The lowest BCUT2D eigenvalue weighted by Gasteiger charge is -2.30. The van der Waals surface area contributed by atoms with Crippen LogP contribution in [-0.4, -0.2) is 62.4 Å². The molecule has 2 atom stereocenters. The van der Waals surface area contributed by atoms with E-state index < -0.39 is 21.7 Å². The van der Waals surface area contributed by atoms with Crippen LogP contribution >= 0.6 is 23.2 Å². The van der Waals surface area contributed by atoms with E-state index in [-0.39, 0.29) is 24.5 Å². The molecule has 38 heavy (non-hydrogen) atoms. The molecule has 0 saturated heterocycles. The summed E-state index contributed by atoms with van der Waals surface area (Å²) in [5.41, 5.74) is 5.21. The van der Waals surface area contributed by atoms with Gasteiger partial charge < -0.3 is 14.5 Å². The molecule has 2 amide bonds. The fourth-order valence-corrected chi connectivity index (χ4v) is 6.53. The average molecular weight is 580 g/mol. The third-order valence-electron chi connectivity index (χ3n) is 7.23. The number of hydrogen-bond donors (Lipinski definition) is 0. The topological polar surface area (TPSA) is 84.0 Å². The van der Waals surface area contributed by atoms with Gasteiger partial charge in [-0.2, -0.15) is 0 Å². The predicted octanol–water partition coefficient (Wildman–Crippen LogP) is 5.55. The summed E-state index contributed by atoms with van der Waals surface area (Å²) in [6, 6.07) is 11.3. The molecule has 1 heterocycles. The number of rotatable bonds is 7. The molecular weight excluding hydrogens is 547 g/mol. The van der Waals surface area contributed by atoms with Gasteiger partial charge in [-0.3, -0.25) is 4.79 Å². The van der Waals surface area contributed by atoms with Crippen LogP contribution in [0.15, 0.2) is 42.5 Å². The molecule has 4 rings (SSSR count). The van der Waals surface area contributed by atoms with Crippen molar-refractivity contribution in [1.82, 2.24) is 9.80 Å². The summed E-state index contributed by atoms with van der Waals surface area (Å²) in [5.74, 6) is -0.576. The van der Waals surface area contributed by atoms with Crippen molar-refractivity contribution in [1.29, 1.82) is 0 Å². The normalized spacial score (nSPS) is 19.1. The summed E-state index contributed by atoms with van der Waals surface area (Å²) in [4.78, 5) is 28.6. The third-order valence-corrected chi connectivity index (χ3v) is 8.43. The fourth-order valence-electron chi connectivity index (χ4n) is 5.32. The predicted molar refractivity (Wildman–Crippen MR) is 150 cm³/mol. The van der Waals surface area contributed by atoms with Crippen molar-refractivity contribution in [3.63, 3.8) is 0 Å². The van der Waals surface area contributed by atoms with Gasteiger partial charge in [0.25, 0.3) is 0 Å². The Kier molecular flexibility index (Phi) is 8.75.